The first-order valence-corrected chi connectivity index (χ1v) is 7.66. The van der Waals surface area contributed by atoms with Gasteiger partial charge < -0.3 is 15.4 Å². The number of rotatable bonds is 5. The van der Waals surface area contributed by atoms with Crippen LogP contribution in [-0.4, -0.2) is 35.3 Å². The summed E-state index contributed by atoms with van der Waals surface area (Å²) in [6.07, 6.45) is 4.06. The van der Waals surface area contributed by atoms with E-state index >= 15 is 0 Å². The van der Waals surface area contributed by atoms with Crippen molar-refractivity contribution < 1.29 is 4.74 Å². The van der Waals surface area contributed by atoms with E-state index in [4.69, 9.17) is 4.74 Å². The molecule has 3 rings (SSSR count). The summed E-state index contributed by atoms with van der Waals surface area (Å²) in [5.41, 5.74) is 1.10. The Labute approximate surface area is 120 Å². The molecule has 5 heteroatoms. The third kappa shape index (κ3) is 2.73. The maximum atomic E-state index is 5.89. The van der Waals surface area contributed by atoms with Crippen molar-refractivity contribution >= 4 is 11.6 Å². The number of aromatic nitrogens is 2. The SMILES string of the molecule is CCNc1nc(C)nc(NC2CCOC2C2CC2)c1C. The maximum absolute atomic E-state index is 5.89. The Hall–Kier alpha value is -1.36. The zero-order valence-corrected chi connectivity index (χ0v) is 12.6. The molecule has 0 spiro atoms. The predicted molar refractivity (Wildman–Crippen MR) is 80.2 cm³/mol. The average molecular weight is 276 g/mol. The highest BCUT2D eigenvalue weighted by atomic mass is 16.5. The molecule has 1 aromatic heterocycles. The molecule has 0 bridgehead atoms. The molecule has 1 saturated heterocycles. The lowest BCUT2D eigenvalue weighted by Gasteiger charge is -2.22. The van der Waals surface area contributed by atoms with Gasteiger partial charge in [-0.05, 0) is 46.0 Å². The van der Waals surface area contributed by atoms with Gasteiger partial charge in [0.25, 0.3) is 0 Å². The van der Waals surface area contributed by atoms with Gasteiger partial charge in [0.05, 0.1) is 12.1 Å². The number of ether oxygens (including phenoxy) is 1. The predicted octanol–water partition coefficient (Wildman–Crippen LogP) is 2.50. The molecule has 0 radical (unpaired) electrons. The third-order valence-corrected chi connectivity index (χ3v) is 4.15. The van der Waals surface area contributed by atoms with Crippen LogP contribution < -0.4 is 10.6 Å². The molecule has 1 aliphatic heterocycles. The molecule has 2 heterocycles. The topological polar surface area (TPSA) is 59.1 Å². The molecule has 2 N–H and O–H groups in total. The largest absolute Gasteiger partial charge is 0.376 e. The van der Waals surface area contributed by atoms with Crippen LogP contribution in [0.2, 0.25) is 0 Å². The summed E-state index contributed by atoms with van der Waals surface area (Å²) in [7, 11) is 0. The first-order chi connectivity index (χ1) is 9.69. The summed E-state index contributed by atoms with van der Waals surface area (Å²) < 4.78 is 5.89. The monoisotopic (exact) mass is 276 g/mol. The Balaban J connectivity index is 1.79. The Kier molecular flexibility index (Phi) is 3.78. The van der Waals surface area contributed by atoms with Crippen LogP contribution in [0, 0.1) is 19.8 Å². The van der Waals surface area contributed by atoms with Gasteiger partial charge in [-0.3, -0.25) is 0 Å². The van der Waals surface area contributed by atoms with E-state index in [1.54, 1.807) is 0 Å². The summed E-state index contributed by atoms with van der Waals surface area (Å²) >= 11 is 0. The minimum Gasteiger partial charge on any atom is -0.376 e. The fraction of sp³-hybridized carbons (Fsp3) is 0.733. The van der Waals surface area contributed by atoms with Crippen molar-refractivity contribution in [2.45, 2.75) is 52.2 Å². The van der Waals surface area contributed by atoms with Gasteiger partial charge in [0.15, 0.2) is 0 Å². The molecular weight excluding hydrogens is 252 g/mol. The molecule has 0 aromatic carbocycles. The van der Waals surface area contributed by atoms with E-state index in [9.17, 15) is 0 Å². The molecule has 0 amide bonds. The van der Waals surface area contributed by atoms with E-state index in [1.165, 1.54) is 12.8 Å². The van der Waals surface area contributed by atoms with Gasteiger partial charge in [0.2, 0.25) is 0 Å². The van der Waals surface area contributed by atoms with Crippen LogP contribution in [0.3, 0.4) is 0 Å². The summed E-state index contributed by atoms with van der Waals surface area (Å²) in [5, 5.41) is 6.91. The van der Waals surface area contributed by atoms with Gasteiger partial charge >= 0.3 is 0 Å². The molecule has 2 unspecified atom stereocenters. The first kappa shape index (κ1) is 13.6. The smallest absolute Gasteiger partial charge is 0.135 e. The number of anilines is 2. The van der Waals surface area contributed by atoms with Gasteiger partial charge in [-0.2, -0.15) is 0 Å². The molecule has 1 saturated carbocycles. The zero-order chi connectivity index (χ0) is 14.1. The highest BCUT2D eigenvalue weighted by Crippen LogP contribution is 2.39. The highest BCUT2D eigenvalue weighted by molar-refractivity contribution is 5.57. The lowest BCUT2D eigenvalue weighted by molar-refractivity contribution is 0.0898. The van der Waals surface area contributed by atoms with E-state index < -0.39 is 0 Å². The number of hydrogen-bond donors (Lipinski definition) is 2. The van der Waals surface area contributed by atoms with E-state index in [0.717, 1.165) is 48.5 Å². The fourth-order valence-corrected chi connectivity index (χ4v) is 2.94. The second kappa shape index (κ2) is 5.56. The van der Waals surface area contributed by atoms with Crippen molar-refractivity contribution in [1.82, 2.24) is 9.97 Å². The first-order valence-electron chi connectivity index (χ1n) is 7.66. The minimum absolute atomic E-state index is 0.368. The lowest BCUT2D eigenvalue weighted by atomic mass is 10.1. The summed E-state index contributed by atoms with van der Waals surface area (Å²) in [6, 6.07) is 0.393. The van der Waals surface area contributed by atoms with Crippen LogP contribution in [0.5, 0.6) is 0 Å². The zero-order valence-electron chi connectivity index (χ0n) is 12.6. The van der Waals surface area contributed by atoms with Crippen LogP contribution in [0.15, 0.2) is 0 Å². The lowest BCUT2D eigenvalue weighted by Crippen LogP contribution is -2.31. The quantitative estimate of drug-likeness (QED) is 0.865. The molecule has 20 heavy (non-hydrogen) atoms. The highest BCUT2D eigenvalue weighted by Gasteiger charge is 2.40. The second-order valence-corrected chi connectivity index (χ2v) is 5.84. The van der Waals surface area contributed by atoms with Crippen molar-refractivity contribution in [1.29, 1.82) is 0 Å². The van der Waals surface area contributed by atoms with E-state index in [0.29, 0.717) is 12.1 Å². The van der Waals surface area contributed by atoms with E-state index in [-0.39, 0.29) is 0 Å². The second-order valence-electron chi connectivity index (χ2n) is 5.84. The van der Waals surface area contributed by atoms with Crippen LogP contribution in [-0.2, 0) is 4.74 Å². The molecule has 1 aliphatic carbocycles. The van der Waals surface area contributed by atoms with Crippen LogP contribution in [0.4, 0.5) is 11.6 Å². The normalized spacial score (nSPS) is 25.8. The molecule has 1 aromatic rings. The fourth-order valence-electron chi connectivity index (χ4n) is 2.94. The Morgan fingerprint density at radius 3 is 2.60 bits per heavy atom. The van der Waals surface area contributed by atoms with Crippen molar-refractivity contribution in [3.8, 4) is 0 Å². The van der Waals surface area contributed by atoms with Gasteiger partial charge in [-0.1, -0.05) is 0 Å². The van der Waals surface area contributed by atoms with Crippen LogP contribution in [0.1, 0.15) is 37.6 Å². The molecule has 2 aliphatic rings. The van der Waals surface area contributed by atoms with Gasteiger partial charge in [-0.15, -0.1) is 0 Å². The maximum Gasteiger partial charge on any atom is 0.135 e. The molecule has 110 valence electrons. The Morgan fingerprint density at radius 2 is 1.90 bits per heavy atom. The van der Waals surface area contributed by atoms with Gasteiger partial charge in [0, 0.05) is 18.7 Å². The molecule has 5 nitrogen and oxygen atoms in total. The molecule has 2 fully saturated rings. The molecular formula is C15H24N4O. The number of hydrogen-bond acceptors (Lipinski definition) is 5. The van der Waals surface area contributed by atoms with Crippen molar-refractivity contribution in [3.05, 3.63) is 11.4 Å². The summed E-state index contributed by atoms with van der Waals surface area (Å²) in [5.74, 6) is 3.45. The molecule has 2 atom stereocenters. The third-order valence-electron chi connectivity index (χ3n) is 4.15. The number of nitrogens with zero attached hydrogens (tertiary/aromatic N) is 2. The van der Waals surface area contributed by atoms with Crippen molar-refractivity contribution in [2.24, 2.45) is 5.92 Å². The van der Waals surface area contributed by atoms with Gasteiger partial charge in [-0.25, -0.2) is 9.97 Å². The van der Waals surface area contributed by atoms with E-state index in [1.807, 2.05) is 6.92 Å². The van der Waals surface area contributed by atoms with E-state index in [2.05, 4.69) is 34.4 Å². The standard InChI is InChI=1S/C15H24N4O/c1-4-16-14-9(2)15(18-10(3)17-14)19-12-7-8-20-13(12)11-5-6-11/h11-13H,4-8H2,1-3H3,(H2,16,17,18,19). The van der Waals surface area contributed by atoms with Crippen molar-refractivity contribution in [3.63, 3.8) is 0 Å². The Morgan fingerprint density at radius 1 is 1.15 bits per heavy atom. The Bertz CT molecular complexity index is 487. The van der Waals surface area contributed by atoms with Crippen LogP contribution >= 0.6 is 0 Å². The summed E-state index contributed by atoms with van der Waals surface area (Å²) in [6.45, 7) is 7.82. The minimum atomic E-state index is 0.368. The number of aryl methyl sites for hydroxylation is 1. The average Bonchev–Trinajstić information content (AvgIpc) is 3.16. The number of nitrogens with one attached hydrogen (secondary N) is 2. The van der Waals surface area contributed by atoms with Crippen LogP contribution in [0.25, 0.3) is 0 Å². The summed E-state index contributed by atoms with van der Waals surface area (Å²) in [4.78, 5) is 9.05. The van der Waals surface area contributed by atoms with Crippen molar-refractivity contribution in [2.75, 3.05) is 23.8 Å². The van der Waals surface area contributed by atoms with Gasteiger partial charge in [0.1, 0.15) is 17.5 Å².